The zero-order valence-corrected chi connectivity index (χ0v) is 16.6. The third-order valence-corrected chi connectivity index (χ3v) is 4.20. The number of thiophene rings is 1. The van der Waals surface area contributed by atoms with Gasteiger partial charge in [-0.15, -0.1) is 11.3 Å². The number of carbonyl (C=O) groups is 5. The largest absolute Gasteiger partial charge is 0.473 e. The Hall–Kier alpha value is -3.54. The predicted molar refractivity (Wildman–Crippen MR) is 102 cm³/mol. The van der Waals surface area contributed by atoms with Crippen LogP contribution in [0.1, 0.15) is 5.56 Å². The predicted octanol–water partition coefficient (Wildman–Crippen LogP) is -0.883. The number of carboxylic acids is 4. The van der Waals surface area contributed by atoms with Gasteiger partial charge in [-0.3, -0.25) is 9.69 Å². The van der Waals surface area contributed by atoms with E-state index in [4.69, 9.17) is 44.9 Å². The Morgan fingerprint density at radius 1 is 1.00 bits per heavy atom. The van der Waals surface area contributed by atoms with Gasteiger partial charge in [-0.25, -0.2) is 19.2 Å². The number of anilines is 1. The first kappa shape index (κ1) is 26.5. The first-order valence-corrected chi connectivity index (χ1v) is 8.96. The van der Waals surface area contributed by atoms with Crippen LogP contribution in [0.3, 0.4) is 0 Å². The maximum atomic E-state index is 11.9. The van der Waals surface area contributed by atoms with Crippen LogP contribution in [-0.2, 0) is 24.0 Å². The fourth-order valence-corrected chi connectivity index (χ4v) is 2.62. The van der Waals surface area contributed by atoms with Crippen LogP contribution in [0, 0.1) is 11.3 Å². The average Bonchev–Trinajstić information content (AvgIpc) is 3.11. The molecule has 2 rings (SSSR count). The minimum absolute atomic E-state index is 0.0431. The lowest BCUT2D eigenvalue weighted by atomic mass is 10.3. The van der Waals surface area contributed by atoms with Crippen molar-refractivity contribution in [2.75, 3.05) is 45.1 Å². The SMILES string of the molecule is CN1CCN(CC(=O)Nc2sccc2C#N)CC1.O=C(O)C(=O)O.O=C(O)C(=O)O. The molecule has 13 nitrogen and oxygen atoms in total. The van der Waals surface area contributed by atoms with Crippen molar-refractivity contribution < 1.29 is 44.4 Å². The van der Waals surface area contributed by atoms with Crippen molar-refractivity contribution in [1.29, 1.82) is 5.26 Å². The van der Waals surface area contributed by atoms with Crippen LogP contribution in [0.5, 0.6) is 0 Å². The van der Waals surface area contributed by atoms with Gasteiger partial charge in [0.25, 0.3) is 0 Å². The number of hydrogen-bond acceptors (Lipinski definition) is 9. The summed E-state index contributed by atoms with van der Waals surface area (Å²) in [5.41, 5.74) is 0.534. The number of hydrogen-bond donors (Lipinski definition) is 5. The Morgan fingerprint density at radius 3 is 1.87 bits per heavy atom. The number of rotatable bonds is 3. The third kappa shape index (κ3) is 11.3. The molecule has 0 saturated carbocycles. The van der Waals surface area contributed by atoms with Gasteiger partial charge in [0.15, 0.2) is 0 Å². The Kier molecular flexibility index (Phi) is 12.0. The normalized spacial score (nSPS) is 13.3. The fraction of sp³-hybridized carbons (Fsp3) is 0.375. The highest BCUT2D eigenvalue weighted by Crippen LogP contribution is 2.21. The molecule has 5 N–H and O–H groups in total. The van der Waals surface area contributed by atoms with Crippen molar-refractivity contribution in [2.45, 2.75) is 0 Å². The van der Waals surface area contributed by atoms with E-state index >= 15 is 0 Å². The van der Waals surface area contributed by atoms with Gasteiger partial charge in [0.2, 0.25) is 5.91 Å². The minimum Gasteiger partial charge on any atom is -0.473 e. The monoisotopic (exact) mass is 444 g/mol. The van der Waals surface area contributed by atoms with Crippen molar-refractivity contribution in [3.63, 3.8) is 0 Å². The van der Waals surface area contributed by atoms with Crippen LogP contribution < -0.4 is 5.32 Å². The van der Waals surface area contributed by atoms with E-state index in [1.807, 2.05) is 5.38 Å². The molecule has 0 atom stereocenters. The van der Waals surface area contributed by atoms with Crippen molar-refractivity contribution in [3.05, 3.63) is 17.0 Å². The van der Waals surface area contributed by atoms with Crippen molar-refractivity contribution >= 4 is 46.1 Å². The number of likely N-dealkylation sites (N-methyl/N-ethyl adjacent to an activating group) is 1. The summed E-state index contributed by atoms with van der Waals surface area (Å²) in [5.74, 6) is -7.34. The lowest BCUT2D eigenvalue weighted by Crippen LogP contribution is -2.47. The molecule has 1 saturated heterocycles. The lowest BCUT2D eigenvalue weighted by Gasteiger charge is -2.31. The number of nitrogens with one attached hydrogen (secondary N) is 1. The molecule has 0 spiro atoms. The van der Waals surface area contributed by atoms with Crippen LogP contribution in [0.2, 0.25) is 0 Å². The summed E-state index contributed by atoms with van der Waals surface area (Å²) in [6.45, 7) is 4.22. The van der Waals surface area contributed by atoms with E-state index in [1.54, 1.807) is 6.07 Å². The molecule has 1 aliphatic heterocycles. The summed E-state index contributed by atoms with van der Waals surface area (Å²) in [4.78, 5) is 52.6. The standard InChI is InChI=1S/C12H16N4OS.2C2H2O4/c1-15-3-5-16(6-4-15)9-11(17)14-12-10(8-13)2-7-18-12;2*3-1(4)2(5)6/h2,7H,3-6,9H2,1H3,(H,14,17);2*(H,3,4)(H,5,6). The summed E-state index contributed by atoms with van der Waals surface area (Å²) in [6.07, 6.45) is 0. The zero-order chi connectivity index (χ0) is 23.3. The number of nitrogens with zero attached hydrogens (tertiary/aromatic N) is 3. The molecule has 0 aromatic carbocycles. The second-order valence-corrected chi connectivity index (χ2v) is 6.54. The number of carboxylic acid groups (broad SMARTS) is 4. The number of piperazine rings is 1. The van der Waals surface area contributed by atoms with E-state index in [1.165, 1.54) is 11.3 Å². The molecule has 14 heteroatoms. The van der Waals surface area contributed by atoms with Gasteiger partial charge in [0.1, 0.15) is 11.1 Å². The maximum Gasteiger partial charge on any atom is 0.414 e. The Morgan fingerprint density at radius 2 is 1.47 bits per heavy atom. The van der Waals surface area contributed by atoms with Gasteiger partial charge in [-0.1, -0.05) is 0 Å². The van der Waals surface area contributed by atoms with Crippen molar-refractivity contribution in [1.82, 2.24) is 9.80 Å². The molecule has 1 fully saturated rings. The molecule has 1 aromatic rings. The van der Waals surface area contributed by atoms with Gasteiger partial charge >= 0.3 is 23.9 Å². The van der Waals surface area contributed by atoms with Gasteiger partial charge in [0, 0.05) is 26.2 Å². The second-order valence-electron chi connectivity index (χ2n) is 5.62. The number of aliphatic carboxylic acids is 4. The van der Waals surface area contributed by atoms with E-state index in [9.17, 15) is 4.79 Å². The van der Waals surface area contributed by atoms with E-state index in [2.05, 4.69) is 28.2 Å². The van der Waals surface area contributed by atoms with Crippen LogP contribution in [0.25, 0.3) is 0 Å². The highest BCUT2D eigenvalue weighted by atomic mass is 32.1. The van der Waals surface area contributed by atoms with E-state index in [0.29, 0.717) is 17.1 Å². The van der Waals surface area contributed by atoms with Crippen LogP contribution in [-0.4, -0.2) is 99.8 Å². The highest BCUT2D eigenvalue weighted by Gasteiger charge is 2.17. The maximum absolute atomic E-state index is 11.9. The summed E-state index contributed by atoms with van der Waals surface area (Å²) < 4.78 is 0. The topological polar surface area (TPSA) is 209 Å². The van der Waals surface area contributed by atoms with Crippen LogP contribution in [0.15, 0.2) is 11.4 Å². The van der Waals surface area contributed by atoms with E-state index in [-0.39, 0.29) is 5.91 Å². The second kappa shape index (κ2) is 13.6. The molecular weight excluding hydrogens is 424 g/mol. The summed E-state index contributed by atoms with van der Waals surface area (Å²) >= 11 is 1.38. The molecule has 1 aliphatic rings. The Labute approximate surface area is 174 Å². The first-order valence-electron chi connectivity index (χ1n) is 8.08. The van der Waals surface area contributed by atoms with E-state index in [0.717, 1.165) is 26.2 Å². The van der Waals surface area contributed by atoms with Gasteiger partial charge < -0.3 is 30.6 Å². The van der Waals surface area contributed by atoms with Crippen molar-refractivity contribution in [3.8, 4) is 6.07 Å². The molecule has 2 heterocycles. The molecule has 0 radical (unpaired) electrons. The summed E-state index contributed by atoms with van der Waals surface area (Å²) in [7, 11) is 2.09. The number of carbonyl (C=O) groups excluding carboxylic acids is 1. The Bertz CT molecular complexity index is 762. The molecule has 30 heavy (non-hydrogen) atoms. The smallest absolute Gasteiger partial charge is 0.414 e. The van der Waals surface area contributed by atoms with Crippen molar-refractivity contribution in [2.24, 2.45) is 0 Å². The molecule has 0 aliphatic carbocycles. The minimum atomic E-state index is -1.82. The van der Waals surface area contributed by atoms with Gasteiger partial charge in [0.05, 0.1) is 12.1 Å². The highest BCUT2D eigenvalue weighted by molar-refractivity contribution is 7.14. The fourth-order valence-electron chi connectivity index (χ4n) is 1.87. The molecule has 1 aromatic heterocycles. The molecule has 164 valence electrons. The average molecular weight is 444 g/mol. The lowest BCUT2D eigenvalue weighted by molar-refractivity contribution is -0.159. The van der Waals surface area contributed by atoms with E-state index < -0.39 is 23.9 Å². The molecule has 0 bridgehead atoms. The van der Waals surface area contributed by atoms with Crippen LogP contribution in [0.4, 0.5) is 5.00 Å². The molecule has 1 amide bonds. The summed E-state index contributed by atoms with van der Waals surface area (Å²) in [6, 6.07) is 3.78. The first-order chi connectivity index (χ1) is 14.0. The number of amides is 1. The third-order valence-electron chi connectivity index (χ3n) is 3.37. The van der Waals surface area contributed by atoms with Crippen LogP contribution >= 0.6 is 11.3 Å². The molecule has 0 unspecified atom stereocenters. The Balaban J connectivity index is 0.000000580. The zero-order valence-electron chi connectivity index (χ0n) is 15.8. The summed E-state index contributed by atoms with van der Waals surface area (Å²) in [5, 5.41) is 43.7. The van der Waals surface area contributed by atoms with Gasteiger partial charge in [-0.2, -0.15) is 5.26 Å². The number of nitriles is 1. The van der Waals surface area contributed by atoms with Gasteiger partial charge in [-0.05, 0) is 18.5 Å². The molecular formula is C16H20N4O9S. The quantitative estimate of drug-likeness (QED) is 0.360.